The van der Waals surface area contributed by atoms with Gasteiger partial charge in [0.05, 0.1) is 19.2 Å². The number of hydrogen-bond acceptors (Lipinski definition) is 6. The molecule has 0 bridgehead atoms. The van der Waals surface area contributed by atoms with E-state index in [0.717, 1.165) is 28.4 Å². The predicted octanol–water partition coefficient (Wildman–Crippen LogP) is 1.65. The fourth-order valence-corrected chi connectivity index (χ4v) is 5.27. The molecule has 3 aliphatic heterocycles. The lowest BCUT2D eigenvalue weighted by molar-refractivity contribution is -0.154. The van der Waals surface area contributed by atoms with Crippen LogP contribution >= 0.6 is 0 Å². The summed E-state index contributed by atoms with van der Waals surface area (Å²) >= 11 is 0. The highest BCUT2D eigenvalue weighted by molar-refractivity contribution is 6.20. The second-order valence-electron chi connectivity index (χ2n) is 8.48. The highest BCUT2D eigenvalue weighted by atomic mass is 16.5. The number of piperazine rings is 1. The molecule has 5 rings (SSSR count). The largest absolute Gasteiger partial charge is 0.383 e. The van der Waals surface area contributed by atoms with E-state index in [0.29, 0.717) is 13.1 Å². The van der Waals surface area contributed by atoms with Gasteiger partial charge in [-0.25, -0.2) is 4.79 Å². The predicted molar refractivity (Wildman–Crippen MR) is 119 cm³/mol. The van der Waals surface area contributed by atoms with E-state index in [1.54, 1.807) is 0 Å². The van der Waals surface area contributed by atoms with Crippen LogP contribution in [0.2, 0.25) is 0 Å². The van der Waals surface area contributed by atoms with E-state index in [1.807, 2.05) is 54.6 Å². The smallest absolute Gasteiger partial charge is 0.330 e. The Bertz CT molecular complexity index is 1060. The fourth-order valence-electron chi connectivity index (χ4n) is 5.27. The lowest BCUT2D eigenvalue weighted by atomic mass is 9.67. The van der Waals surface area contributed by atoms with Crippen molar-refractivity contribution in [3.63, 3.8) is 0 Å². The summed E-state index contributed by atoms with van der Waals surface area (Å²) in [5.74, 6) is -0.955. The number of rotatable bonds is 4. The van der Waals surface area contributed by atoms with Crippen LogP contribution in [0.5, 0.6) is 0 Å². The highest BCUT2D eigenvalue weighted by Crippen LogP contribution is 2.46. The summed E-state index contributed by atoms with van der Waals surface area (Å²) in [5.41, 5.74) is 1.67. The fraction of sp³-hybridized carbons (Fsp3) is 0.375. The van der Waals surface area contributed by atoms with E-state index < -0.39 is 29.3 Å². The Morgan fingerprint density at radius 3 is 2.56 bits per heavy atom. The van der Waals surface area contributed by atoms with E-state index >= 15 is 0 Å². The number of nitrogens with zero attached hydrogens (tertiary/aromatic N) is 3. The molecule has 0 saturated carbocycles. The molecule has 2 aromatic rings. The highest BCUT2D eigenvalue weighted by Gasteiger charge is 2.62. The summed E-state index contributed by atoms with van der Waals surface area (Å²) < 4.78 is 5.10. The average Bonchev–Trinajstić information content (AvgIpc) is 2.83. The Kier molecular flexibility index (Phi) is 5.09. The van der Waals surface area contributed by atoms with Gasteiger partial charge in [0.1, 0.15) is 0 Å². The molecule has 166 valence electrons. The average molecular weight is 434 g/mol. The van der Waals surface area contributed by atoms with Crippen molar-refractivity contribution in [2.45, 2.75) is 12.5 Å². The van der Waals surface area contributed by atoms with Gasteiger partial charge in [-0.1, -0.05) is 36.4 Å². The van der Waals surface area contributed by atoms with Crippen molar-refractivity contribution < 1.29 is 19.1 Å². The van der Waals surface area contributed by atoms with Crippen molar-refractivity contribution in [2.75, 3.05) is 49.7 Å². The van der Waals surface area contributed by atoms with Crippen molar-refractivity contribution in [3.05, 3.63) is 60.2 Å². The molecular weight excluding hydrogens is 408 g/mol. The number of benzene rings is 2. The summed E-state index contributed by atoms with van der Waals surface area (Å²) in [5, 5.41) is 2.47. The molecule has 3 heterocycles. The Morgan fingerprint density at radius 2 is 1.78 bits per heavy atom. The maximum absolute atomic E-state index is 13.9. The molecule has 2 atom stereocenters. The molecule has 4 amide bonds. The van der Waals surface area contributed by atoms with Crippen molar-refractivity contribution in [2.24, 2.45) is 5.41 Å². The molecule has 8 heteroatoms. The Labute approximate surface area is 186 Å². The zero-order valence-corrected chi connectivity index (χ0v) is 18.0. The van der Waals surface area contributed by atoms with Crippen LogP contribution in [0.1, 0.15) is 5.56 Å². The number of fused-ring (bicyclic) bond motifs is 4. The second-order valence-corrected chi connectivity index (χ2v) is 8.48. The van der Waals surface area contributed by atoms with E-state index in [2.05, 4.69) is 15.1 Å². The van der Waals surface area contributed by atoms with Crippen molar-refractivity contribution in [1.29, 1.82) is 0 Å². The normalized spacial score (nSPS) is 25.0. The standard InChI is InChI=1S/C24H26N4O4/c1-32-14-13-28-22(30)24(21(29)25-23(28)31)15-17-7-5-6-10-19(17)27-12-11-26(16-20(24)27)18-8-3-2-4-9-18/h2-10,20H,11-16H2,1H3,(H,25,29,31). The third-order valence-corrected chi connectivity index (χ3v) is 6.86. The number of carbonyl (C=O) groups is 3. The Morgan fingerprint density at radius 1 is 1.03 bits per heavy atom. The van der Waals surface area contributed by atoms with Gasteiger partial charge in [-0.05, 0) is 30.2 Å². The topological polar surface area (TPSA) is 82.2 Å². The third-order valence-electron chi connectivity index (χ3n) is 6.86. The van der Waals surface area contributed by atoms with Crippen LogP contribution in [0.25, 0.3) is 0 Å². The maximum atomic E-state index is 13.9. The monoisotopic (exact) mass is 434 g/mol. The van der Waals surface area contributed by atoms with Gasteiger partial charge in [-0.2, -0.15) is 0 Å². The zero-order chi connectivity index (χ0) is 22.3. The van der Waals surface area contributed by atoms with Gasteiger partial charge in [0, 0.05) is 38.1 Å². The van der Waals surface area contributed by atoms with Crippen LogP contribution in [-0.2, 0) is 20.7 Å². The van der Waals surface area contributed by atoms with Gasteiger partial charge in [0.25, 0.3) is 0 Å². The van der Waals surface area contributed by atoms with E-state index in [9.17, 15) is 14.4 Å². The first kappa shape index (κ1) is 20.5. The number of amides is 4. The molecule has 2 aromatic carbocycles. The van der Waals surface area contributed by atoms with Crippen LogP contribution in [0.4, 0.5) is 16.2 Å². The van der Waals surface area contributed by atoms with Gasteiger partial charge in [0.2, 0.25) is 11.8 Å². The number of urea groups is 1. The molecule has 1 spiro atoms. The summed E-state index contributed by atoms with van der Waals surface area (Å²) in [6.07, 6.45) is 0.258. The van der Waals surface area contributed by atoms with Crippen LogP contribution in [-0.4, -0.2) is 68.7 Å². The number of nitrogens with one attached hydrogen (secondary N) is 1. The quantitative estimate of drug-likeness (QED) is 0.737. The Balaban J connectivity index is 1.60. The van der Waals surface area contributed by atoms with Crippen LogP contribution in [0.15, 0.2) is 54.6 Å². The van der Waals surface area contributed by atoms with Gasteiger partial charge >= 0.3 is 6.03 Å². The Hall–Kier alpha value is -3.39. The van der Waals surface area contributed by atoms with Gasteiger partial charge in [-0.15, -0.1) is 0 Å². The zero-order valence-electron chi connectivity index (χ0n) is 18.0. The van der Waals surface area contributed by atoms with E-state index in [4.69, 9.17) is 4.74 Å². The molecular formula is C24H26N4O4. The molecule has 2 fully saturated rings. The number of anilines is 2. The molecule has 0 aliphatic carbocycles. The molecule has 8 nitrogen and oxygen atoms in total. The first-order valence-electron chi connectivity index (χ1n) is 10.9. The van der Waals surface area contributed by atoms with Crippen molar-refractivity contribution >= 4 is 29.2 Å². The maximum Gasteiger partial charge on any atom is 0.330 e. The van der Waals surface area contributed by atoms with Crippen LogP contribution in [0.3, 0.4) is 0 Å². The minimum absolute atomic E-state index is 0.104. The SMILES string of the molecule is COCCN1C(=O)NC(=O)C2(Cc3ccccc3N3CCN(c4ccccc4)CC32)C1=O. The molecule has 2 unspecified atom stereocenters. The lowest BCUT2D eigenvalue weighted by Gasteiger charge is -2.55. The number of methoxy groups -OCH3 is 1. The second kappa shape index (κ2) is 7.94. The lowest BCUT2D eigenvalue weighted by Crippen LogP contribution is -2.75. The summed E-state index contributed by atoms with van der Waals surface area (Å²) in [6, 6.07) is 16.8. The first-order valence-corrected chi connectivity index (χ1v) is 10.9. The van der Waals surface area contributed by atoms with Gasteiger partial charge in [-0.3, -0.25) is 19.8 Å². The van der Waals surface area contributed by atoms with E-state index in [1.165, 1.54) is 7.11 Å². The molecule has 3 aliphatic rings. The molecule has 2 saturated heterocycles. The summed E-state index contributed by atoms with van der Waals surface area (Å²) in [6.45, 7) is 2.26. The van der Waals surface area contributed by atoms with E-state index in [-0.39, 0.29) is 19.6 Å². The van der Waals surface area contributed by atoms with Crippen molar-refractivity contribution in [3.8, 4) is 0 Å². The third kappa shape index (κ3) is 3.05. The van der Waals surface area contributed by atoms with Crippen molar-refractivity contribution in [1.82, 2.24) is 10.2 Å². The summed E-state index contributed by atoms with van der Waals surface area (Å²) in [7, 11) is 1.52. The van der Waals surface area contributed by atoms with Crippen LogP contribution in [0, 0.1) is 5.41 Å². The molecule has 32 heavy (non-hydrogen) atoms. The molecule has 0 radical (unpaired) electrons. The number of hydrogen-bond donors (Lipinski definition) is 1. The number of ether oxygens (including phenoxy) is 1. The van der Waals surface area contributed by atoms with Crippen LogP contribution < -0.4 is 15.1 Å². The molecule has 1 N–H and O–H groups in total. The molecule has 0 aromatic heterocycles. The number of para-hydroxylation sites is 2. The number of imide groups is 2. The first-order chi connectivity index (χ1) is 15.6. The minimum atomic E-state index is -1.39. The number of carbonyl (C=O) groups excluding carboxylic acids is 3. The number of barbiturate groups is 1. The van der Waals surface area contributed by atoms with Gasteiger partial charge < -0.3 is 14.5 Å². The van der Waals surface area contributed by atoms with Gasteiger partial charge in [0.15, 0.2) is 5.41 Å². The minimum Gasteiger partial charge on any atom is -0.383 e. The summed E-state index contributed by atoms with van der Waals surface area (Å²) in [4.78, 5) is 45.4.